The molecule has 5 heteroatoms. The minimum Gasteiger partial charge on any atom is -0.350 e. The van der Waals surface area contributed by atoms with Gasteiger partial charge in [0.1, 0.15) is 0 Å². The molecule has 1 amide bonds. The zero-order chi connectivity index (χ0) is 16.4. The molecule has 4 N–H and O–H groups in total. The number of benzene rings is 1. The van der Waals surface area contributed by atoms with Gasteiger partial charge >= 0.3 is 0 Å². The highest BCUT2D eigenvalue weighted by Crippen LogP contribution is 2.07. The van der Waals surface area contributed by atoms with E-state index in [1.807, 2.05) is 6.07 Å². The lowest BCUT2D eigenvalue weighted by molar-refractivity contribution is -0.122. The van der Waals surface area contributed by atoms with Gasteiger partial charge in [-0.05, 0) is 24.4 Å². The maximum atomic E-state index is 11.9. The summed E-state index contributed by atoms with van der Waals surface area (Å²) in [6.45, 7) is 5.93. The number of nitrogens with one attached hydrogen (secondary N) is 2. The Labute approximate surface area is 139 Å². The topological polar surface area (TPSA) is 67.1 Å². The molecule has 124 valence electrons. The van der Waals surface area contributed by atoms with Crippen LogP contribution in [0.5, 0.6) is 0 Å². The molecule has 0 fully saturated rings. The molecule has 1 aromatic rings. The van der Waals surface area contributed by atoms with Gasteiger partial charge in [-0.1, -0.05) is 50.6 Å². The Morgan fingerprint density at radius 3 is 2.59 bits per heavy atom. The van der Waals surface area contributed by atoms with Crippen LogP contribution >= 0.6 is 12.6 Å². The molecular weight excluding hydrogens is 294 g/mol. The van der Waals surface area contributed by atoms with E-state index in [9.17, 15) is 4.79 Å². The van der Waals surface area contributed by atoms with Crippen molar-refractivity contribution in [1.29, 1.82) is 0 Å². The highest BCUT2D eigenvalue weighted by Gasteiger charge is 2.20. The molecule has 0 aliphatic heterocycles. The standard InChI is InChI=1S/C17H29N3OS/c1-3-13(2)16(20-17(21)15(18)12-22)11-19-10-9-14-7-5-4-6-8-14/h4-8,13,15-16,19,22H,3,9-12,18H2,1-2H3,(H,20,21)/t13?,15-,16+/m0/s1. The summed E-state index contributed by atoms with van der Waals surface area (Å²) >= 11 is 4.08. The smallest absolute Gasteiger partial charge is 0.238 e. The van der Waals surface area contributed by atoms with Crippen molar-refractivity contribution in [3.8, 4) is 0 Å². The van der Waals surface area contributed by atoms with Crippen LogP contribution in [0.4, 0.5) is 0 Å². The van der Waals surface area contributed by atoms with Crippen molar-refractivity contribution >= 4 is 18.5 Å². The van der Waals surface area contributed by atoms with Crippen LogP contribution in [-0.2, 0) is 11.2 Å². The lowest BCUT2D eigenvalue weighted by Crippen LogP contribution is -2.52. The monoisotopic (exact) mass is 323 g/mol. The van der Waals surface area contributed by atoms with Crippen molar-refractivity contribution in [1.82, 2.24) is 10.6 Å². The minimum atomic E-state index is -0.542. The van der Waals surface area contributed by atoms with E-state index in [0.29, 0.717) is 11.7 Å². The van der Waals surface area contributed by atoms with E-state index in [2.05, 4.69) is 61.4 Å². The normalized spacial score (nSPS) is 15.1. The largest absolute Gasteiger partial charge is 0.350 e. The third-order valence-corrected chi connectivity index (χ3v) is 4.38. The fraction of sp³-hybridized carbons (Fsp3) is 0.588. The number of carbonyl (C=O) groups excluding carboxylic acids is 1. The summed E-state index contributed by atoms with van der Waals surface area (Å²) in [4.78, 5) is 11.9. The lowest BCUT2D eigenvalue weighted by Gasteiger charge is -2.26. The summed E-state index contributed by atoms with van der Waals surface area (Å²) in [6, 6.07) is 9.93. The molecule has 0 radical (unpaired) electrons. The molecule has 0 aliphatic rings. The molecule has 22 heavy (non-hydrogen) atoms. The molecule has 0 heterocycles. The molecule has 1 aromatic carbocycles. The second kappa shape index (κ2) is 10.6. The molecule has 0 bridgehead atoms. The van der Waals surface area contributed by atoms with Crippen molar-refractivity contribution in [2.75, 3.05) is 18.8 Å². The maximum Gasteiger partial charge on any atom is 0.238 e. The molecule has 1 unspecified atom stereocenters. The summed E-state index contributed by atoms with van der Waals surface area (Å²) in [5, 5.41) is 6.48. The fourth-order valence-electron chi connectivity index (χ4n) is 2.19. The number of hydrogen-bond donors (Lipinski definition) is 4. The van der Waals surface area contributed by atoms with Gasteiger partial charge in [0.15, 0.2) is 0 Å². The van der Waals surface area contributed by atoms with Gasteiger partial charge in [0.05, 0.1) is 6.04 Å². The van der Waals surface area contributed by atoms with Gasteiger partial charge in [-0.3, -0.25) is 4.79 Å². The third-order valence-electron chi connectivity index (χ3n) is 3.99. The first kappa shape index (κ1) is 19.0. The third kappa shape index (κ3) is 6.81. The predicted octanol–water partition coefficient (Wildman–Crippen LogP) is 1.61. The van der Waals surface area contributed by atoms with Gasteiger partial charge < -0.3 is 16.4 Å². The zero-order valence-electron chi connectivity index (χ0n) is 13.6. The predicted molar refractivity (Wildman–Crippen MR) is 96.2 cm³/mol. The maximum absolute atomic E-state index is 11.9. The second-order valence-corrected chi connectivity index (χ2v) is 6.09. The molecule has 1 rings (SSSR count). The highest BCUT2D eigenvalue weighted by molar-refractivity contribution is 7.80. The quantitative estimate of drug-likeness (QED) is 0.391. The van der Waals surface area contributed by atoms with Crippen molar-refractivity contribution in [2.45, 2.75) is 38.8 Å². The van der Waals surface area contributed by atoms with E-state index < -0.39 is 6.04 Å². The Morgan fingerprint density at radius 1 is 1.32 bits per heavy atom. The summed E-state index contributed by atoms with van der Waals surface area (Å²) in [5.41, 5.74) is 7.04. The van der Waals surface area contributed by atoms with E-state index in [-0.39, 0.29) is 11.9 Å². The number of hydrogen-bond acceptors (Lipinski definition) is 4. The van der Waals surface area contributed by atoms with Gasteiger partial charge in [-0.25, -0.2) is 0 Å². The summed E-state index contributed by atoms with van der Waals surface area (Å²) in [5.74, 6) is 0.644. The van der Waals surface area contributed by atoms with Crippen LogP contribution in [0.3, 0.4) is 0 Å². The molecule has 3 atom stereocenters. The van der Waals surface area contributed by atoms with Gasteiger partial charge in [-0.2, -0.15) is 12.6 Å². The van der Waals surface area contributed by atoms with Crippen LogP contribution in [0, 0.1) is 5.92 Å². The number of nitrogens with two attached hydrogens (primary N) is 1. The van der Waals surface area contributed by atoms with Crippen molar-refractivity contribution in [3.63, 3.8) is 0 Å². The highest BCUT2D eigenvalue weighted by atomic mass is 32.1. The lowest BCUT2D eigenvalue weighted by atomic mass is 9.98. The molecular formula is C17H29N3OS. The van der Waals surface area contributed by atoms with Crippen LogP contribution in [0.15, 0.2) is 30.3 Å². The van der Waals surface area contributed by atoms with Crippen molar-refractivity contribution in [3.05, 3.63) is 35.9 Å². The number of amides is 1. The first-order valence-electron chi connectivity index (χ1n) is 7.99. The minimum absolute atomic E-state index is 0.0965. The van der Waals surface area contributed by atoms with E-state index >= 15 is 0 Å². The zero-order valence-corrected chi connectivity index (χ0v) is 14.5. The first-order chi connectivity index (χ1) is 10.6. The first-order valence-corrected chi connectivity index (χ1v) is 8.63. The Kier molecular flexibility index (Phi) is 9.20. The Hall–Kier alpha value is -1.04. The molecule has 0 saturated heterocycles. The molecule has 0 saturated carbocycles. The average molecular weight is 324 g/mol. The van der Waals surface area contributed by atoms with Crippen LogP contribution in [0.25, 0.3) is 0 Å². The van der Waals surface area contributed by atoms with Gasteiger partial charge in [0, 0.05) is 18.3 Å². The summed E-state index contributed by atoms with van der Waals surface area (Å²) < 4.78 is 0. The second-order valence-electron chi connectivity index (χ2n) is 5.73. The number of rotatable bonds is 10. The van der Waals surface area contributed by atoms with E-state index in [0.717, 1.165) is 25.9 Å². The Bertz CT molecular complexity index is 427. The van der Waals surface area contributed by atoms with Crippen molar-refractivity contribution in [2.24, 2.45) is 11.7 Å². The van der Waals surface area contributed by atoms with E-state index in [4.69, 9.17) is 5.73 Å². The molecule has 4 nitrogen and oxygen atoms in total. The number of thiol groups is 1. The average Bonchev–Trinajstić information content (AvgIpc) is 2.56. The van der Waals surface area contributed by atoms with Crippen LogP contribution < -0.4 is 16.4 Å². The van der Waals surface area contributed by atoms with Gasteiger partial charge in [0.2, 0.25) is 5.91 Å². The molecule has 0 spiro atoms. The van der Waals surface area contributed by atoms with Crippen LogP contribution in [0.2, 0.25) is 0 Å². The Morgan fingerprint density at radius 2 is 2.00 bits per heavy atom. The van der Waals surface area contributed by atoms with Crippen LogP contribution in [0.1, 0.15) is 25.8 Å². The van der Waals surface area contributed by atoms with E-state index in [1.165, 1.54) is 5.56 Å². The molecule has 0 aliphatic carbocycles. The summed E-state index contributed by atoms with van der Waals surface area (Å²) in [6.07, 6.45) is 2.00. The number of carbonyl (C=O) groups is 1. The Balaban J connectivity index is 2.39. The van der Waals surface area contributed by atoms with Crippen LogP contribution in [-0.4, -0.2) is 36.8 Å². The molecule has 0 aromatic heterocycles. The summed E-state index contributed by atoms with van der Waals surface area (Å²) in [7, 11) is 0. The SMILES string of the molecule is CCC(C)[C@@H](CNCCc1ccccc1)NC(=O)[C@@H](N)CS. The fourth-order valence-corrected chi connectivity index (χ4v) is 2.35. The van der Waals surface area contributed by atoms with Crippen molar-refractivity contribution < 1.29 is 4.79 Å². The van der Waals surface area contributed by atoms with Gasteiger partial charge in [-0.15, -0.1) is 0 Å². The van der Waals surface area contributed by atoms with Gasteiger partial charge in [0.25, 0.3) is 0 Å². The van der Waals surface area contributed by atoms with E-state index in [1.54, 1.807) is 0 Å².